The number of hydrogen-bond donors (Lipinski definition) is 1. The van der Waals surface area contributed by atoms with Gasteiger partial charge in [0.25, 0.3) is 5.89 Å². The molecule has 1 aromatic heterocycles. The number of rotatable bonds is 2. The SMILES string of the molecule is Nc1cc(-c2nc(C3CCCOC3)no2)c(F)cc1F. The predicted octanol–water partition coefficient (Wildman–Crippen LogP) is 2.49. The van der Waals surface area contributed by atoms with Crippen LogP contribution in [-0.2, 0) is 4.74 Å². The van der Waals surface area contributed by atoms with Crippen LogP contribution in [0.4, 0.5) is 14.5 Å². The molecular formula is C13H13F2N3O2. The van der Waals surface area contributed by atoms with Crippen LogP contribution in [0.2, 0.25) is 0 Å². The molecule has 7 heteroatoms. The fourth-order valence-corrected chi connectivity index (χ4v) is 2.18. The van der Waals surface area contributed by atoms with Crippen LogP contribution in [0.5, 0.6) is 0 Å². The number of nitrogens with two attached hydrogens (primary N) is 1. The second-order valence-electron chi connectivity index (χ2n) is 4.73. The largest absolute Gasteiger partial charge is 0.396 e. The van der Waals surface area contributed by atoms with E-state index in [0.29, 0.717) is 18.5 Å². The van der Waals surface area contributed by atoms with Crippen molar-refractivity contribution in [3.05, 3.63) is 29.6 Å². The molecule has 1 unspecified atom stereocenters. The van der Waals surface area contributed by atoms with Crippen molar-refractivity contribution in [2.75, 3.05) is 18.9 Å². The van der Waals surface area contributed by atoms with Gasteiger partial charge in [-0.25, -0.2) is 8.78 Å². The maximum atomic E-state index is 13.7. The summed E-state index contributed by atoms with van der Waals surface area (Å²) in [5, 5.41) is 3.84. The number of nitrogens with zero attached hydrogens (tertiary/aromatic N) is 2. The first-order valence-corrected chi connectivity index (χ1v) is 6.31. The number of nitrogen functional groups attached to an aromatic ring is 1. The molecule has 20 heavy (non-hydrogen) atoms. The summed E-state index contributed by atoms with van der Waals surface area (Å²) in [5.74, 6) is -1.09. The van der Waals surface area contributed by atoms with Crippen LogP contribution >= 0.6 is 0 Å². The minimum Gasteiger partial charge on any atom is -0.396 e. The molecular weight excluding hydrogens is 268 g/mol. The molecule has 2 heterocycles. The first-order chi connectivity index (χ1) is 9.65. The van der Waals surface area contributed by atoms with Gasteiger partial charge in [-0.3, -0.25) is 0 Å². The van der Waals surface area contributed by atoms with Gasteiger partial charge in [-0.1, -0.05) is 5.16 Å². The Hall–Kier alpha value is -2.02. The quantitative estimate of drug-likeness (QED) is 0.856. The van der Waals surface area contributed by atoms with Gasteiger partial charge in [-0.2, -0.15) is 4.98 Å². The Labute approximate surface area is 113 Å². The fourth-order valence-electron chi connectivity index (χ4n) is 2.18. The zero-order chi connectivity index (χ0) is 14.1. The second kappa shape index (κ2) is 5.16. The highest BCUT2D eigenvalue weighted by Crippen LogP contribution is 2.28. The fraction of sp³-hybridized carbons (Fsp3) is 0.385. The number of ether oxygens (including phenoxy) is 1. The number of halogens is 2. The van der Waals surface area contributed by atoms with Gasteiger partial charge in [-0.05, 0) is 18.9 Å². The lowest BCUT2D eigenvalue weighted by Gasteiger charge is -2.18. The number of hydrogen-bond acceptors (Lipinski definition) is 5. The molecule has 5 nitrogen and oxygen atoms in total. The van der Waals surface area contributed by atoms with E-state index in [0.717, 1.165) is 25.5 Å². The summed E-state index contributed by atoms with van der Waals surface area (Å²) in [5.41, 5.74) is 5.26. The Balaban J connectivity index is 1.91. The Bertz CT molecular complexity index is 624. The highest BCUT2D eigenvalue weighted by molar-refractivity contribution is 5.61. The van der Waals surface area contributed by atoms with E-state index in [9.17, 15) is 8.78 Å². The lowest BCUT2D eigenvalue weighted by Crippen LogP contribution is -2.16. The van der Waals surface area contributed by atoms with Crippen molar-refractivity contribution < 1.29 is 18.0 Å². The third-order valence-corrected chi connectivity index (χ3v) is 3.28. The molecule has 0 bridgehead atoms. The standard InChI is InChI=1S/C13H13F2N3O2/c14-9-5-10(15)11(16)4-8(9)13-17-12(18-20-13)7-2-1-3-19-6-7/h4-5,7H,1-3,6,16H2. The van der Waals surface area contributed by atoms with Crippen molar-refractivity contribution in [3.63, 3.8) is 0 Å². The predicted molar refractivity (Wildman–Crippen MR) is 66.9 cm³/mol. The Morgan fingerprint density at radius 1 is 1.25 bits per heavy atom. The van der Waals surface area contributed by atoms with Gasteiger partial charge in [0, 0.05) is 18.6 Å². The van der Waals surface area contributed by atoms with Gasteiger partial charge in [-0.15, -0.1) is 0 Å². The van der Waals surface area contributed by atoms with Gasteiger partial charge < -0.3 is 15.0 Å². The van der Waals surface area contributed by atoms with E-state index in [-0.39, 0.29) is 23.1 Å². The summed E-state index contributed by atoms with van der Waals surface area (Å²) in [4.78, 5) is 4.16. The summed E-state index contributed by atoms with van der Waals surface area (Å²) in [6, 6.07) is 1.86. The highest BCUT2D eigenvalue weighted by atomic mass is 19.1. The molecule has 1 aliphatic heterocycles. The average Bonchev–Trinajstić information content (AvgIpc) is 2.93. The summed E-state index contributed by atoms with van der Waals surface area (Å²) >= 11 is 0. The Kier molecular flexibility index (Phi) is 3.35. The van der Waals surface area contributed by atoms with E-state index >= 15 is 0 Å². The molecule has 0 saturated carbocycles. The third-order valence-electron chi connectivity index (χ3n) is 3.28. The monoisotopic (exact) mass is 281 g/mol. The summed E-state index contributed by atoms with van der Waals surface area (Å²) < 4.78 is 37.2. The lowest BCUT2D eigenvalue weighted by molar-refractivity contribution is 0.0773. The number of aromatic nitrogens is 2. The zero-order valence-corrected chi connectivity index (χ0v) is 10.6. The van der Waals surface area contributed by atoms with Crippen molar-refractivity contribution in [1.29, 1.82) is 0 Å². The Morgan fingerprint density at radius 2 is 2.10 bits per heavy atom. The maximum Gasteiger partial charge on any atom is 0.260 e. The van der Waals surface area contributed by atoms with Crippen molar-refractivity contribution in [3.8, 4) is 11.5 Å². The minimum absolute atomic E-state index is 0.000576. The van der Waals surface area contributed by atoms with E-state index in [4.69, 9.17) is 15.0 Å². The number of benzene rings is 1. The first-order valence-electron chi connectivity index (χ1n) is 6.31. The Morgan fingerprint density at radius 3 is 2.85 bits per heavy atom. The minimum atomic E-state index is -0.813. The molecule has 106 valence electrons. The first kappa shape index (κ1) is 13.0. The van der Waals surface area contributed by atoms with Crippen molar-refractivity contribution in [2.24, 2.45) is 0 Å². The molecule has 1 aliphatic rings. The van der Waals surface area contributed by atoms with Crippen LogP contribution in [0.15, 0.2) is 16.7 Å². The normalized spacial score (nSPS) is 19.2. The van der Waals surface area contributed by atoms with Crippen LogP contribution in [0.3, 0.4) is 0 Å². The van der Waals surface area contributed by atoms with Gasteiger partial charge in [0.05, 0.1) is 17.9 Å². The lowest BCUT2D eigenvalue weighted by atomic mass is 10.0. The molecule has 0 radical (unpaired) electrons. The molecule has 2 aromatic rings. The summed E-state index contributed by atoms with van der Waals surface area (Å²) in [6.07, 6.45) is 1.82. The zero-order valence-electron chi connectivity index (χ0n) is 10.6. The molecule has 0 amide bonds. The molecule has 1 saturated heterocycles. The molecule has 0 spiro atoms. The third kappa shape index (κ3) is 2.36. The molecule has 3 rings (SSSR count). The molecule has 1 aromatic carbocycles. The van der Waals surface area contributed by atoms with Gasteiger partial charge in [0.2, 0.25) is 0 Å². The topological polar surface area (TPSA) is 74.2 Å². The molecule has 1 atom stereocenters. The van der Waals surface area contributed by atoms with Crippen LogP contribution in [0.25, 0.3) is 11.5 Å². The van der Waals surface area contributed by atoms with Crippen LogP contribution < -0.4 is 5.73 Å². The van der Waals surface area contributed by atoms with Crippen LogP contribution in [0, 0.1) is 11.6 Å². The van der Waals surface area contributed by atoms with E-state index in [1.54, 1.807) is 0 Å². The van der Waals surface area contributed by atoms with E-state index in [1.807, 2.05) is 0 Å². The summed E-state index contributed by atoms with van der Waals surface area (Å²) in [7, 11) is 0. The van der Waals surface area contributed by atoms with E-state index < -0.39 is 11.6 Å². The van der Waals surface area contributed by atoms with Crippen molar-refractivity contribution in [1.82, 2.24) is 10.1 Å². The summed E-state index contributed by atoms with van der Waals surface area (Å²) in [6.45, 7) is 1.25. The van der Waals surface area contributed by atoms with E-state index in [1.165, 1.54) is 0 Å². The number of anilines is 1. The van der Waals surface area contributed by atoms with Gasteiger partial charge in [0.15, 0.2) is 5.82 Å². The molecule has 0 aliphatic carbocycles. The van der Waals surface area contributed by atoms with E-state index in [2.05, 4.69) is 10.1 Å². The molecule has 1 fully saturated rings. The molecule has 2 N–H and O–H groups in total. The smallest absolute Gasteiger partial charge is 0.260 e. The van der Waals surface area contributed by atoms with Crippen molar-refractivity contribution in [2.45, 2.75) is 18.8 Å². The van der Waals surface area contributed by atoms with Crippen molar-refractivity contribution >= 4 is 5.69 Å². The maximum absolute atomic E-state index is 13.7. The van der Waals surface area contributed by atoms with Gasteiger partial charge in [0.1, 0.15) is 11.6 Å². The van der Waals surface area contributed by atoms with Crippen LogP contribution in [-0.4, -0.2) is 23.4 Å². The van der Waals surface area contributed by atoms with Crippen LogP contribution in [0.1, 0.15) is 24.6 Å². The van der Waals surface area contributed by atoms with Gasteiger partial charge >= 0.3 is 0 Å². The average molecular weight is 281 g/mol. The highest BCUT2D eigenvalue weighted by Gasteiger charge is 2.23. The second-order valence-corrected chi connectivity index (χ2v) is 4.73.